The van der Waals surface area contributed by atoms with E-state index in [2.05, 4.69) is 15.0 Å². The zero-order chi connectivity index (χ0) is 14.1. The molecule has 2 aromatic heterocycles. The summed E-state index contributed by atoms with van der Waals surface area (Å²) < 4.78 is 1.24. The Morgan fingerprint density at radius 1 is 1.20 bits per heavy atom. The molecule has 0 spiro atoms. The van der Waals surface area contributed by atoms with Gasteiger partial charge in [0.25, 0.3) is 5.56 Å². The molecule has 0 aromatic carbocycles. The molecule has 0 amide bonds. The molecule has 0 atom stereocenters. The summed E-state index contributed by atoms with van der Waals surface area (Å²) in [6.45, 7) is 2.37. The van der Waals surface area contributed by atoms with Crippen LogP contribution in [0.25, 0.3) is 11.2 Å². The zero-order valence-electron chi connectivity index (χ0n) is 11.7. The van der Waals surface area contributed by atoms with Crippen LogP contribution in [0.1, 0.15) is 57.2 Å². The summed E-state index contributed by atoms with van der Waals surface area (Å²) in [5.74, 6) is 1.24. The van der Waals surface area contributed by atoms with E-state index >= 15 is 0 Å². The summed E-state index contributed by atoms with van der Waals surface area (Å²) in [5.41, 5.74) is 0.192. The van der Waals surface area contributed by atoms with Crippen LogP contribution in [0.15, 0.2) is 9.59 Å². The van der Waals surface area contributed by atoms with Crippen LogP contribution < -0.4 is 11.2 Å². The summed E-state index contributed by atoms with van der Waals surface area (Å²) in [4.78, 5) is 34.5. The summed E-state index contributed by atoms with van der Waals surface area (Å²) in [5, 5.41) is 0. The smallest absolute Gasteiger partial charge is 0.330 e. The van der Waals surface area contributed by atoms with Gasteiger partial charge in [-0.2, -0.15) is 0 Å². The molecule has 0 bridgehead atoms. The van der Waals surface area contributed by atoms with Gasteiger partial charge in [-0.3, -0.25) is 14.3 Å². The van der Waals surface area contributed by atoms with E-state index < -0.39 is 0 Å². The standard InChI is InChI=1S/C14H20N4O2/c1-2-8-18-13(19)10-12(17-14(18)20)16-11(15-10)9-6-4-3-5-7-9/h9H,2-8H2,1H3,(H,15,16)(H,17,20). The van der Waals surface area contributed by atoms with E-state index in [0.717, 1.165) is 25.1 Å². The van der Waals surface area contributed by atoms with Gasteiger partial charge in [0.1, 0.15) is 11.3 Å². The van der Waals surface area contributed by atoms with Gasteiger partial charge in [0.05, 0.1) is 0 Å². The van der Waals surface area contributed by atoms with Crippen molar-refractivity contribution < 1.29 is 0 Å². The first kappa shape index (κ1) is 13.1. The number of hydrogen-bond acceptors (Lipinski definition) is 3. The Labute approximate surface area is 116 Å². The fourth-order valence-corrected chi connectivity index (χ4v) is 3.03. The Hall–Kier alpha value is -1.85. The SMILES string of the molecule is CCCn1c(=O)[nH]c2nc(C3CCCCC3)[nH]c2c1=O. The minimum absolute atomic E-state index is 0.264. The maximum Gasteiger partial charge on any atom is 0.330 e. The topological polar surface area (TPSA) is 83.5 Å². The number of aromatic amines is 2. The van der Waals surface area contributed by atoms with Crippen molar-refractivity contribution in [2.24, 2.45) is 0 Å². The second kappa shape index (κ2) is 5.26. The lowest BCUT2D eigenvalue weighted by molar-refractivity contribution is 0.431. The highest BCUT2D eigenvalue weighted by Gasteiger charge is 2.20. The van der Waals surface area contributed by atoms with Crippen LogP contribution in [0.3, 0.4) is 0 Å². The van der Waals surface area contributed by atoms with E-state index in [4.69, 9.17) is 0 Å². The van der Waals surface area contributed by atoms with Gasteiger partial charge >= 0.3 is 5.69 Å². The molecule has 3 rings (SSSR count). The second-order valence-corrected chi connectivity index (χ2v) is 5.57. The maximum absolute atomic E-state index is 12.3. The van der Waals surface area contributed by atoms with Crippen LogP contribution in [0.2, 0.25) is 0 Å². The van der Waals surface area contributed by atoms with Crippen molar-refractivity contribution in [2.75, 3.05) is 0 Å². The Balaban J connectivity index is 2.08. The highest BCUT2D eigenvalue weighted by molar-refractivity contribution is 5.68. The number of nitrogens with one attached hydrogen (secondary N) is 2. The minimum Gasteiger partial charge on any atom is -0.336 e. The molecule has 2 heterocycles. The van der Waals surface area contributed by atoms with Crippen LogP contribution in [0.4, 0.5) is 0 Å². The van der Waals surface area contributed by atoms with Crippen molar-refractivity contribution in [2.45, 2.75) is 57.9 Å². The van der Waals surface area contributed by atoms with Crippen molar-refractivity contribution in [3.63, 3.8) is 0 Å². The molecule has 1 saturated carbocycles. The molecule has 1 aliphatic rings. The van der Waals surface area contributed by atoms with E-state index in [1.54, 1.807) is 0 Å². The lowest BCUT2D eigenvalue weighted by atomic mass is 9.89. The van der Waals surface area contributed by atoms with E-state index in [1.807, 2.05) is 6.92 Å². The molecule has 1 fully saturated rings. The van der Waals surface area contributed by atoms with Gasteiger partial charge in [0.15, 0.2) is 5.65 Å². The lowest BCUT2D eigenvalue weighted by Gasteiger charge is -2.18. The molecule has 0 unspecified atom stereocenters. The average molecular weight is 276 g/mol. The first-order valence-electron chi connectivity index (χ1n) is 7.43. The van der Waals surface area contributed by atoms with E-state index in [9.17, 15) is 9.59 Å². The highest BCUT2D eigenvalue weighted by atomic mass is 16.2. The maximum atomic E-state index is 12.3. The van der Waals surface area contributed by atoms with Gasteiger partial charge in [0.2, 0.25) is 0 Å². The Kier molecular flexibility index (Phi) is 3.46. The third-order valence-corrected chi connectivity index (χ3v) is 4.09. The van der Waals surface area contributed by atoms with Crippen molar-refractivity contribution in [1.29, 1.82) is 0 Å². The van der Waals surface area contributed by atoms with Crippen molar-refractivity contribution in [3.8, 4) is 0 Å². The first-order chi connectivity index (χ1) is 9.70. The molecule has 2 N–H and O–H groups in total. The molecular formula is C14H20N4O2. The van der Waals surface area contributed by atoms with E-state index in [0.29, 0.717) is 23.6 Å². The van der Waals surface area contributed by atoms with Gasteiger partial charge in [-0.1, -0.05) is 26.2 Å². The third kappa shape index (κ3) is 2.19. The highest BCUT2D eigenvalue weighted by Crippen LogP contribution is 2.31. The molecule has 20 heavy (non-hydrogen) atoms. The number of imidazole rings is 1. The number of nitrogens with zero attached hydrogens (tertiary/aromatic N) is 2. The number of rotatable bonds is 3. The monoisotopic (exact) mass is 276 g/mol. The summed E-state index contributed by atoms with van der Waals surface area (Å²) in [6.07, 6.45) is 6.64. The van der Waals surface area contributed by atoms with Gasteiger partial charge in [-0.05, 0) is 19.3 Å². The predicted octanol–water partition coefficient (Wildman–Crippen LogP) is 1.87. The molecule has 0 radical (unpaired) electrons. The van der Waals surface area contributed by atoms with Gasteiger partial charge in [-0.15, -0.1) is 0 Å². The van der Waals surface area contributed by atoms with E-state index in [1.165, 1.54) is 23.8 Å². The predicted molar refractivity (Wildman–Crippen MR) is 77.1 cm³/mol. The Morgan fingerprint density at radius 2 is 1.95 bits per heavy atom. The summed E-state index contributed by atoms with van der Waals surface area (Å²) in [7, 11) is 0. The molecule has 108 valence electrons. The molecule has 6 nitrogen and oxygen atoms in total. The number of H-pyrrole nitrogens is 2. The van der Waals surface area contributed by atoms with Crippen LogP contribution in [0, 0.1) is 0 Å². The molecule has 6 heteroatoms. The largest absolute Gasteiger partial charge is 0.336 e. The third-order valence-electron chi connectivity index (χ3n) is 4.09. The molecule has 1 aliphatic carbocycles. The zero-order valence-corrected chi connectivity index (χ0v) is 11.7. The normalized spacial score (nSPS) is 16.9. The Bertz CT molecular complexity index is 719. The van der Waals surface area contributed by atoms with E-state index in [-0.39, 0.29) is 11.2 Å². The molecular weight excluding hydrogens is 256 g/mol. The van der Waals surface area contributed by atoms with Crippen LogP contribution in [0.5, 0.6) is 0 Å². The van der Waals surface area contributed by atoms with Crippen LogP contribution >= 0.6 is 0 Å². The molecule has 2 aromatic rings. The second-order valence-electron chi connectivity index (χ2n) is 5.57. The van der Waals surface area contributed by atoms with Crippen molar-refractivity contribution in [3.05, 3.63) is 26.7 Å². The quantitative estimate of drug-likeness (QED) is 0.897. The van der Waals surface area contributed by atoms with Crippen LogP contribution in [-0.2, 0) is 6.54 Å². The average Bonchev–Trinajstić information content (AvgIpc) is 2.88. The number of hydrogen-bond donors (Lipinski definition) is 2. The van der Waals surface area contributed by atoms with Crippen LogP contribution in [-0.4, -0.2) is 19.5 Å². The first-order valence-corrected chi connectivity index (χ1v) is 7.43. The van der Waals surface area contributed by atoms with Crippen molar-refractivity contribution >= 4 is 11.2 Å². The van der Waals surface area contributed by atoms with Gasteiger partial charge in [0, 0.05) is 12.5 Å². The molecule has 0 aliphatic heterocycles. The van der Waals surface area contributed by atoms with Crippen molar-refractivity contribution in [1.82, 2.24) is 19.5 Å². The minimum atomic E-state index is -0.369. The summed E-state index contributed by atoms with van der Waals surface area (Å²) in [6, 6.07) is 0. The Morgan fingerprint density at radius 3 is 2.65 bits per heavy atom. The fraction of sp³-hybridized carbons (Fsp3) is 0.643. The van der Waals surface area contributed by atoms with Gasteiger partial charge < -0.3 is 4.98 Å². The lowest BCUT2D eigenvalue weighted by Crippen LogP contribution is -2.34. The number of aromatic nitrogens is 4. The molecule has 0 saturated heterocycles. The van der Waals surface area contributed by atoms with Gasteiger partial charge in [-0.25, -0.2) is 9.78 Å². The number of fused-ring (bicyclic) bond motifs is 1. The summed E-state index contributed by atoms with van der Waals surface area (Å²) >= 11 is 0. The fourth-order valence-electron chi connectivity index (χ4n) is 3.03.